The van der Waals surface area contributed by atoms with Gasteiger partial charge in [-0.1, -0.05) is 11.6 Å². The number of ketones is 1. The number of carbonyl (C=O) groups is 1. The molecule has 3 nitrogen and oxygen atoms in total. The van der Waals surface area contributed by atoms with Gasteiger partial charge in [0, 0.05) is 22.4 Å². The van der Waals surface area contributed by atoms with Crippen molar-refractivity contribution in [3.8, 4) is 0 Å². The van der Waals surface area contributed by atoms with Crippen molar-refractivity contribution in [3.05, 3.63) is 68.9 Å². The van der Waals surface area contributed by atoms with E-state index in [9.17, 15) is 13.6 Å². The van der Waals surface area contributed by atoms with Crippen molar-refractivity contribution < 1.29 is 13.6 Å². The van der Waals surface area contributed by atoms with Crippen molar-refractivity contribution in [2.75, 3.05) is 0 Å². The molecule has 23 heavy (non-hydrogen) atoms. The van der Waals surface area contributed by atoms with Crippen molar-refractivity contribution in [1.29, 1.82) is 0 Å². The first kappa shape index (κ1) is 16.0. The first-order chi connectivity index (χ1) is 10.9. The van der Waals surface area contributed by atoms with Crippen LogP contribution < -0.4 is 0 Å². The van der Waals surface area contributed by atoms with E-state index in [1.165, 1.54) is 0 Å². The lowest BCUT2D eigenvalue weighted by Crippen LogP contribution is -2.08. The highest BCUT2D eigenvalue weighted by Gasteiger charge is 2.16. The molecule has 0 aliphatic heterocycles. The highest BCUT2D eigenvalue weighted by molar-refractivity contribution is 9.10. The van der Waals surface area contributed by atoms with Crippen LogP contribution in [0.25, 0.3) is 11.0 Å². The van der Waals surface area contributed by atoms with Crippen LogP contribution in [0.2, 0.25) is 5.02 Å². The van der Waals surface area contributed by atoms with Gasteiger partial charge in [-0.25, -0.2) is 8.78 Å². The van der Waals surface area contributed by atoms with Gasteiger partial charge < -0.3 is 0 Å². The summed E-state index contributed by atoms with van der Waals surface area (Å²) >= 11 is 8.90. The van der Waals surface area contributed by atoms with Crippen molar-refractivity contribution in [3.63, 3.8) is 0 Å². The zero-order valence-electron chi connectivity index (χ0n) is 11.5. The molecule has 0 unspecified atom stereocenters. The van der Waals surface area contributed by atoms with Gasteiger partial charge >= 0.3 is 0 Å². The van der Waals surface area contributed by atoms with Gasteiger partial charge in [0.2, 0.25) is 0 Å². The second kappa shape index (κ2) is 6.29. The number of hydrogen-bond acceptors (Lipinski definition) is 3. The number of Topliss-reactive ketones (excluding diaryl/α,β-unsaturated/α-hetero) is 1. The maximum atomic E-state index is 13.7. The van der Waals surface area contributed by atoms with E-state index in [0.717, 1.165) is 10.5 Å². The number of carbonyl (C=O) groups excluding carboxylic acids is 1. The van der Waals surface area contributed by atoms with Crippen molar-refractivity contribution >= 4 is 44.3 Å². The first-order valence-corrected chi connectivity index (χ1v) is 7.70. The van der Waals surface area contributed by atoms with Gasteiger partial charge in [-0.05, 0) is 40.2 Å². The van der Waals surface area contributed by atoms with Crippen LogP contribution in [-0.4, -0.2) is 15.8 Å². The minimum Gasteiger partial charge on any atom is -0.294 e. The van der Waals surface area contributed by atoms with E-state index < -0.39 is 17.4 Å². The summed E-state index contributed by atoms with van der Waals surface area (Å²) in [5, 5.41) is -0.297. The van der Waals surface area contributed by atoms with Gasteiger partial charge in [0.05, 0.1) is 28.0 Å². The topological polar surface area (TPSA) is 42.9 Å². The van der Waals surface area contributed by atoms with Crippen LogP contribution in [0.4, 0.5) is 8.78 Å². The third kappa shape index (κ3) is 3.38. The molecule has 0 bridgehead atoms. The fraction of sp³-hybridized carbons (Fsp3) is 0.0625. The average Bonchev–Trinajstić information content (AvgIpc) is 2.50. The maximum Gasteiger partial charge on any atom is 0.171 e. The van der Waals surface area contributed by atoms with Crippen molar-refractivity contribution in [1.82, 2.24) is 9.97 Å². The molecule has 7 heteroatoms. The Morgan fingerprint density at radius 3 is 2.70 bits per heavy atom. The Morgan fingerprint density at radius 1 is 1.13 bits per heavy atom. The van der Waals surface area contributed by atoms with Crippen LogP contribution in [0.5, 0.6) is 0 Å². The molecule has 1 aromatic carbocycles. The SMILES string of the molecule is O=C(Cc1ccc2ncc(Br)cc2n1)c1cc(Cl)c(F)cc1F. The van der Waals surface area contributed by atoms with Crippen molar-refractivity contribution in [2.24, 2.45) is 0 Å². The molecule has 0 saturated heterocycles. The maximum absolute atomic E-state index is 13.7. The van der Waals surface area contributed by atoms with E-state index in [1.807, 2.05) is 0 Å². The Balaban J connectivity index is 1.92. The second-order valence-corrected chi connectivity index (χ2v) is 6.16. The zero-order valence-corrected chi connectivity index (χ0v) is 13.8. The molecule has 0 aliphatic carbocycles. The monoisotopic (exact) mass is 396 g/mol. The summed E-state index contributed by atoms with van der Waals surface area (Å²) in [7, 11) is 0. The van der Waals surface area contributed by atoms with Gasteiger partial charge in [0.1, 0.15) is 11.6 Å². The minimum absolute atomic E-state index is 0.124. The number of benzene rings is 1. The zero-order chi connectivity index (χ0) is 16.6. The quantitative estimate of drug-likeness (QED) is 0.473. The van der Waals surface area contributed by atoms with E-state index in [4.69, 9.17) is 11.6 Å². The summed E-state index contributed by atoms with van der Waals surface area (Å²) in [5.74, 6) is -2.37. The number of pyridine rings is 2. The molecule has 0 saturated carbocycles. The molecule has 0 fully saturated rings. The molecule has 0 N–H and O–H groups in total. The van der Waals surface area contributed by atoms with Gasteiger partial charge in [-0.2, -0.15) is 0 Å². The molecule has 2 aromatic heterocycles. The number of nitrogens with zero attached hydrogens (tertiary/aromatic N) is 2. The number of aromatic nitrogens is 2. The van der Waals surface area contributed by atoms with Gasteiger partial charge in [0.25, 0.3) is 0 Å². The molecule has 3 rings (SSSR count). The molecule has 0 radical (unpaired) electrons. The molecule has 0 aliphatic rings. The molecule has 0 amide bonds. The Bertz CT molecular complexity index is 933. The molecule has 0 atom stereocenters. The first-order valence-electron chi connectivity index (χ1n) is 6.53. The summed E-state index contributed by atoms with van der Waals surface area (Å²) in [6, 6.07) is 6.74. The third-order valence-corrected chi connectivity index (χ3v) is 3.94. The Kier molecular flexibility index (Phi) is 4.37. The number of fused-ring (bicyclic) bond motifs is 1. The normalized spacial score (nSPS) is 11.0. The van der Waals surface area contributed by atoms with Crippen molar-refractivity contribution in [2.45, 2.75) is 6.42 Å². The third-order valence-electron chi connectivity index (χ3n) is 3.21. The Morgan fingerprint density at radius 2 is 1.91 bits per heavy atom. The predicted octanol–water partition coefficient (Wildman–Crippen LogP) is 4.75. The van der Waals surface area contributed by atoms with Crippen LogP contribution in [0, 0.1) is 11.6 Å². The van der Waals surface area contributed by atoms with Crippen LogP contribution >= 0.6 is 27.5 Å². The second-order valence-electron chi connectivity index (χ2n) is 4.84. The average molecular weight is 398 g/mol. The molecule has 2 heterocycles. The highest BCUT2D eigenvalue weighted by Crippen LogP contribution is 2.21. The standard InChI is InChI=1S/C16H8BrClF2N2O/c17-8-3-15-14(21-7-8)2-1-9(22-15)4-16(23)10-5-11(18)13(20)6-12(10)19/h1-3,5-7H,4H2. The molecule has 0 spiro atoms. The fourth-order valence-corrected chi connectivity index (χ4v) is 2.60. The Hall–Kier alpha value is -1.92. The summed E-state index contributed by atoms with van der Waals surface area (Å²) in [6.07, 6.45) is 1.52. The molecular weight excluding hydrogens is 390 g/mol. The lowest BCUT2D eigenvalue weighted by atomic mass is 10.1. The summed E-state index contributed by atoms with van der Waals surface area (Å²) in [6.45, 7) is 0. The molecule has 3 aromatic rings. The van der Waals surface area contributed by atoms with E-state index in [0.29, 0.717) is 22.8 Å². The van der Waals surface area contributed by atoms with Gasteiger partial charge in [-0.15, -0.1) is 0 Å². The highest BCUT2D eigenvalue weighted by atomic mass is 79.9. The Labute approximate surface area is 143 Å². The fourth-order valence-electron chi connectivity index (χ4n) is 2.12. The summed E-state index contributed by atoms with van der Waals surface area (Å²) in [4.78, 5) is 20.7. The van der Waals surface area contributed by atoms with E-state index >= 15 is 0 Å². The van der Waals surface area contributed by atoms with Crippen LogP contribution in [0.15, 0.2) is 41.0 Å². The van der Waals surface area contributed by atoms with Crippen LogP contribution in [0.1, 0.15) is 16.1 Å². The lowest BCUT2D eigenvalue weighted by molar-refractivity contribution is 0.0988. The predicted molar refractivity (Wildman–Crippen MR) is 86.6 cm³/mol. The summed E-state index contributed by atoms with van der Waals surface area (Å²) in [5.41, 5.74) is 1.50. The van der Waals surface area contributed by atoms with E-state index in [-0.39, 0.29) is 17.0 Å². The number of hydrogen-bond donors (Lipinski definition) is 0. The lowest BCUT2D eigenvalue weighted by Gasteiger charge is -2.05. The minimum atomic E-state index is -0.942. The van der Waals surface area contributed by atoms with Crippen LogP contribution in [-0.2, 0) is 6.42 Å². The smallest absolute Gasteiger partial charge is 0.171 e. The van der Waals surface area contributed by atoms with E-state index in [1.54, 1.807) is 24.4 Å². The molecular formula is C16H8BrClF2N2O. The molecule has 116 valence electrons. The number of rotatable bonds is 3. The van der Waals surface area contributed by atoms with Crippen LogP contribution in [0.3, 0.4) is 0 Å². The summed E-state index contributed by atoms with van der Waals surface area (Å²) < 4.78 is 27.7. The van der Waals surface area contributed by atoms with Gasteiger partial charge in [0.15, 0.2) is 5.78 Å². The number of halogens is 4. The van der Waals surface area contributed by atoms with E-state index in [2.05, 4.69) is 25.9 Å². The largest absolute Gasteiger partial charge is 0.294 e. The van der Waals surface area contributed by atoms with Gasteiger partial charge in [-0.3, -0.25) is 14.8 Å².